The molecule has 2 atom stereocenters. The zero-order chi connectivity index (χ0) is 11.4. The van der Waals surface area contributed by atoms with E-state index in [0.717, 1.165) is 11.1 Å². The number of hydrogen-bond acceptors (Lipinski definition) is 2. The van der Waals surface area contributed by atoms with Crippen molar-refractivity contribution in [3.05, 3.63) is 28.8 Å². The van der Waals surface area contributed by atoms with E-state index in [1.807, 2.05) is 13.0 Å². The summed E-state index contributed by atoms with van der Waals surface area (Å²) in [5, 5.41) is 9.92. The van der Waals surface area contributed by atoms with E-state index >= 15 is 0 Å². The van der Waals surface area contributed by atoms with Crippen molar-refractivity contribution in [2.24, 2.45) is 11.1 Å². The molecule has 0 amide bonds. The van der Waals surface area contributed by atoms with Crippen molar-refractivity contribution in [3.63, 3.8) is 0 Å². The highest BCUT2D eigenvalue weighted by molar-refractivity contribution is 5.48. The van der Waals surface area contributed by atoms with E-state index in [0.29, 0.717) is 11.7 Å². The molecule has 0 aliphatic heterocycles. The molecular weight excluding hydrogens is 186 g/mol. The smallest absolute Gasteiger partial charge is 0.119 e. The third-order valence-electron chi connectivity index (χ3n) is 3.89. The van der Waals surface area contributed by atoms with Gasteiger partial charge in [-0.1, -0.05) is 19.9 Å². The molecule has 1 fully saturated rings. The molecule has 1 saturated carbocycles. The van der Waals surface area contributed by atoms with Crippen LogP contribution in [0.3, 0.4) is 0 Å². The van der Waals surface area contributed by atoms with Crippen molar-refractivity contribution in [1.82, 2.24) is 0 Å². The number of benzene rings is 1. The van der Waals surface area contributed by atoms with Gasteiger partial charge in [-0.3, -0.25) is 0 Å². The zero-order valence-corrected chi connectivity index (χ0v) is 9.83. The molecule has 1 aliphatic rings. The quantitative estimate of drug-likeness (QED) is 0.739. The van der Waals surface area contributed by atoms with E-state index in [1.54, 1.807) is 0 Å². The molecule has 0 unspecified atom stereocenters. The Kier molecular flexibility index (Phi) is 2.09. The van der Waals surface area contributed by atoms with Crippen molar-refractivity contribution < 1.29 is 5.11 Å². The Morgan fingerprint density at radius 2 is 1.67 bits per heavy atom. The lowest BCUT2D eigenvalue weighted by atomic mass is 9.98. The third kappa shape index (κ3) is 1.44. The predicted octanol–water partition coefficient (Wildman–Crippen LogP) is 2.46. The summed E-state index contributed by atoms with van der Waals surface area (Å²) in [6, 6.07) is 4.08. The van der Waals surface area contributed by atoms with Gasteiger partial charge in [-0.2, -0.15) is 0 Å². The fourth-order valence-corrected chi connectivity index (χ4v) is 2.34. The normalized spacial score (nSPS) is 27.8. The average molecular weight is 205 g/mol. The Labute approximate surface area is 91.1 Å². The first-order chi connectivity index (χ1) is 6.85. The van der Waals surface area contributed by atoms with Crippen molar-refractivity contribution >= 4 is 0 Å². The first-order valence-corrected chi connectivity index (χ1v) is 5.41. The highest BCUT2D eigenvalue weighted by atomic mass is 16.3. The third-order valence-corrected chi connectivity index (χ3v) is 3.89. The van der Waals surface area contributed by atoms with Crippen LogP contribution in [-0.4, -0.2) is 11.1 Å². The summed E-state index contributed by atoms with van der Waals surface area (Å²) in [6.45, 7) is 8.38. The van der Waals surface area contributed by atoms with Crippen molar-refractivity contribution in [2.75, 3.05) is 0 Å². The van der Waals surface area contributed by atoms with E-state index < -0.39 is 0 Å². The van der Waals surface area contributed by atoms with E-state index in [9.17, 15) is 5.11 Å². The zero-order valence-electron chi connectivity index (χ0n) is 9.83. The number of phenols is 1. The molecule has 0 saturated heterocycles. The van der Waals surface area contributed by atoms with Crippen molar-refractivity contribution in [3.8, 4) is 5.75 Å². The molecule has 0 bridgehead atoms. The van der Waals surface area contributed by atoms with Crippen LogP contribution in [0, 0.1) is 19.3 Å². The van der Waals surface area contributed by atoms with Crippen LogP contribution in [-0.2, 0) is 0 Å². The fourth-order valence-electron chi connectivity index (χ4n) is 2.34. The molecule has 15 heavy (non-hydrogen) atoms. The summed E-state index contributed by atoms with van der Waals surface area (Å²) in [7, 11) is 0. The van der Waals surface area contributed by atoms with Crippen LogP contribution in [0.2, 0.25) is 0 Å². The first kappa shape index (κ1) is 10.5. The van der Waals surface area contributed by atoms with E-state index in [-0.39, 0.29) is 11.5 Å². The van der Waals surface area contributed by atoms with Crippen LogP contribution in [0.15, 0.2) is 12.1 Å². The number of aryl methyl sites for hydroxylation is 2. The highest BCUT2D eigenvalue weighted by Gasteiger charge is 2.57. The van der Waals surface area contributed by atoms with Crippen LogP contribution in [0.1, 0.15) is 36.5 Å². The molecule has 2 nitrogen and oxygen atoms in total. The molecule has 1 aliphatic carbocycles. The summed E-state index contributed by atoms with van der Waals surface area (Å²) in [6.07, 6.45) is 0. The van der Waals surface area contributed by atoms with E-state index in [4.69, 9.17) is 5.73 Å². The Morgan fingerprint density at radius 3 is 2.13 bits per heavy atom. The minimum Gasteiger partial charge on any atom is -0.508 e. The number of rotatable bonds is 1. The lowest BCUT2D eigenvalue weighted by molar-refractivity contribution is 0.463. The summed E-state index contributed by atoms with van der Waals surface area (Å²) in [5.41, 5.74) is 9.50. The number of phenolic OH excluding ortho intramolecular Hbond substituents is 1. The average Bonchev–Trinajstić information content (AvgIpc) is 2.60. The molecule has 3 N–H and O–H groups in total. The highest BCUT2D eigenvalue weighted by Crippen LogP contribution is 2.59. The standard InChI is InChI=1S/C13H19NO/c1-7-5-9(10(15)6-8(7)2)11-12(14)13(11,3)4/h5-6,11-12,15H,14H2,1-4H3/t11-,12-/m1/s1. The Morgan fingerprint density at radius 1 is 1.20 bits per heavy atom. The van der Waals surface area contributed by atoms with Gasteiger partial charge in [0, 0.05) is 12.0 Å². The number of nitrogens with two attached hydrogens (primary N) is 1. The predicted molar refractivity (Wildman–Crippen MR) is 62.1 cm³/mol. The van der Waals surface area contributed by atoms with Crippen molar-refractivity contribution in [1.29, 1.82) is 0 Å². The van der Waals surface area contributed by atoms with Crippen LogP contribution in [0.25, 0.3) is 0 Å². The summed E-state index contributed by atoms with van der Waals surface area (Å²) < 4.78 is 0. The molecule has 0 spiro atoms. The van der Waals surface area contributed by atoms with Gasteiger partial charge in [0.1, 0.15) is 5.75 Å². The van der Waals surface area contributed by atoms with Gasteiger partial charge in [0.05, 0.1) is 0 Å². The van der Waals surface area contributed by atoms with Crippen LogP contribution in [0.5, 0.6) is 5.75 Å². The monoisotopic (exact) mass is 205 g/mol. The Balaban J connectivity index is 2.43. The van der Waals surface area contributed by atoms with Gasteiger partial charge in [0.15, 0.2) is 0 Å². The fraction of sp³-hybridized carbons (Fsp3) is 0.538. The minimum atomic E-state index is 0.124. The maximum absolute atomic E-state index is 9.92. The Bertz CT molecular complexity index is 409. The Hall–Kier alpha value is -1.02. The lowest BCUT2D eigenvalue weighted by Gasteiger charge is -2.09. The van der Waals surface area contributed by atoms with Gasteiger partial charge < -0.3 is 10.8 Å². The molecule has 1 aromatic rings. The van der Waals surface area contributed by atoms with Gasteiger partial charge in [0.2, 0.25) is 0 Å². The topological polar surface area (TPSA) is 46.2 Å². The van der Waals surface area contributed by atoms with Gasteiger partial charge in [-0.15, -0.1) is 0 Å². The second kappa shape index (κ2) is 2.99. The summed E-state index contributed by atoms with van der Waals surface area (Å²) in [4.78, 5) is 0. The van der Waals surface area contributed by atoms with Gasteiger partial charge in [-0.25, -0.2) is 0 Å². The molecule has 2 rings (SSSR count). The van der Waals surface area contributed by atoms with Crippen LogP contribution >= 0.6 is 0 Å². The molecule has 2 heteroatoms. The van der Waals surface area contributed by atoms with Crippen LogP contribution in [0.4, 0.5) is 0 Å². The maximum atomic E-state index is 9.92. The van der Waals surface area contributed by atoms with E-state index in [2.05, 4.69) is 26.8 Å². The lowest BCUT2D eigenvalue weighted by Crippen LogP contribution is -2.06. The van der Waals surface area contributed by atoms with Gasteiger partial charge in [0.25, 0.3) is 0 Å². The number of aromatic hydroxyl groups is 1. The molecular formula is C13H19NO. The van der Waals surface area contributed by atoms with Crippen LogP contribution < -0.4 is 5.73 Å². The molecule has 1 aromatic carbocycles. The second-order valence-electron chi connectivity index (χ2n) is 5.32. The first-order valence-electron chi connectivity index (χ1n) is 5.41. The van der Waals surface area contributed by atoms with E-state index in [1.165, 1.54) is 5.56 Å². The number of hydrogen-bond donors (Lipinski definition) is 2. The SMILES string of the molecule is Cc1cc(O)c([C@@H]2[C@@H](N)C2(C)C)cc1C. The maximum Gasteiger partial charge on any atom is 0.119 e. The second-order valence-corrected chi connectivity index (χ2v) is 5.32. The summed E-state index contributed by atoms with van der Waals surface area (Å²) in [5.74, 6) is 0.695. The van der Waals surface area contributed by atoms with Gasteiger partial charge in [-0.05, 0) is 42.0 Å². The summed E-state index contributed by atoms with van der Waals surface area (Å²) >= 11 is 0. The largest absolute Gasteiger partial charge is 0.508 e. The minimum absolute atomic E-state index is 0.124. The van der Waals surface area contributed by atoms with Crippen molar-refractivity contribution in [2.45, 2.75) is 39.7 Å². The molecule has 82 valence electrons. The molecule has 0 radical (unpaired) electrons. The molecule has 0 aromatic heterocycles. The molecule has 0 heterocycles. The van der Waals surface area contributed by atoms with Gasteiger partial charge >= 0.3 is 0 Å².